The maximum Gasteiger partial charge on any atom is 0.238 e. The molecule has 1 aromatic carbocycles. The maximum absolute atomic E-state index is 12.4. The fourth-order valence-corrected chi connectivity index (χ4v) is 3.79. The van der Waals surface area contributed by atoms with Crippen molar-refractivity contribution in [2.24, 2.45) is 7.05 Å². The molecular weight excluding hydrogens is 354 g/mol. The first kappa shape index (κ1) is 16.3. The molecule has 0 spiro atoms. The Kier molecular flexibility index (Phi) is 4.87. The molecular formula is C18H22BrN3O. The Labute approximate surface area is 145 Å². The van der Waals surface area contributed by atoms with Gasteiger partial charge in [-0.25, -0.2) is 0 Å². The van der Waals surface area contributed by atoms with Crippen LogP contribution in [0.1, 0.15) is 30.1 Å². The van der Waals surface area contributed by atoms with Crippen LogP contribution in [0.5, 0.6) is 0 Å². The lowest BCUT2D eigenvalue weighted by Crippen LogP contribution is -2.33. The zero-order valence-corrected chi connectivity index (χ0v) is 15.1. The second kappa shape index (κ2) is 6.89. The highest BCUT2D eigenvalue weighted by Gasteiger charge is 2.28. The molecule has 1 saturated heterocycles. The molecule has 1 aliphatic heterocycles. The van der Waals surface area contributed by atoms with Crippen LogP contribution < -0.4 is 5.32 Å². The van der Waals surface area contributed by atoms with E-state index in [0.29, 0.717) is 12.6 Å². The van der Waals surface area contributed by atoms with Gasteiger partial charge in [-0.15, -0.1) is 0 Å². The topological polar surface area (TPSA) is 37.3 Å². The third kappa shape index (κ3) is 3.67. The summed E-state index contributed by atoms with van der Waals surface area (Å²) in [7, 11) is 2.07. The molecule has 0 unspecified atom stereocenters. The Hall–Kier alpha value is -1.59. The van der Waals surface area contributed by atoms with Crippen molar-refractivity contribution in [3.8, 4) is 0 Å². The zero-order chi connectivity index (χ0) is 16.4. The normalized spacial score (nSPS) is 18.3. The lowest BCUT2D eigenvalue weighted by Gasteiger charge is -2.24. The standard InChI is InChI=1S/C18H22BrN3O/c1-13-11-14(19)7-8-15(13)20-18(23)12-22-10-4-6-17(22)16-5-3-9-21(16)2/h3,5,7-9,11,17H,4,6,10,12H2,1-2H3,(H,20,23)/t17-/m1/s1. The van der Waals surface area contributed by atoms with E-state index in [2.05, 4.69) is 56.1 Å². The van der Waals surface area contributed by atoms with Crippen molar-refractivity contribution in [2.75, 3.05) is 18.4 Å². The lowest BCUT2D eigenvalue weighted by molar-refractivity contribution is -0.117. The number of nitrogens with zero attached hydrogens (tertiary/aromatic N) is 2. The number of benzene rings is 1. The molecule has 2 aromatic rings. The van der Waals surface area contributed by atoms with Crippen LogP contribution in [-0.2, 0) is 11.8 Å². The summed E-state index contributed by atoms with van der Waals surface area (Å²) in [5.74, 6) is 0.0523. The number of carbonyl (C=O) groups excluding carboxylic acids is 1. The monoisotopic (exact) mass is 375 g/mol. The number of halogens is 1. The van der Waals surface area contributed by atoms with Crippen LogP contribution in [0.3, 0.4) is 0 Å². The van der Waals surface area contributed by atoms with Gasteiger partial charge in [0, 0.05) is 29.1 Å². The molecule has 3 rings (SSSR count). The summed E-state index contributed by atoms with van der Waals surface area (Å²) < 4.78 is 3.18. The average Bonchev–Trinajstić information content (AvgIpc) is 3.10. The molecule has 1 aliphatic rings. The highest BCUT2D eigenvalue weighted by Crippen LogP contribution is 2.31. The predicted molar refractivity (Wildman–Crippen MR) is 96.5 cm³/mol. The summed E-state index contributed by atoms with van der Waals surface area (Å²) in [4.78, 5) is 14.7. The van der Waals surface area contributed by atoms with E-state index in [9.17, 15) is 4.79 Å². The molecule has 1 aromatic heterocycles. The number of aromatic nitrogens is 1. The minimum atomic E-state index is 0.0523. The number of nitrogens with one attached hydrogen (secondary N) is 1. The predicted octanol–water partition coefficient (Wildman–Crippen LogP) is 3.87. The fraction of sp³-hybridized carbons (Fsp3) is 0.389. The number of carbonyl (C=O) groups is 1. The van der Waals surface area contributed by atoms with Gasteiger partial charge in [0.2, 0.25) is 5.91 Å². The number of amides is 1. The Morgan fingerprint density at radius 3 is 2.91 bits per heavy atom. The molecule has 1 atom stereocenters. The quantitative estimate of drug-likeness (QED) is 0.880. The van der Waals surface area contributed by atoms with Crippen LogP contribution in [0.2, 0.25) is 0 Å². The van der Waals surface area contributed by atoms with Crippen LogP contribution >= 0.6 is 15.9 Å². The smallest absolute Gasteiger partial charge is 0.238 e. The number of anilines is 1. The molecule has 0 aliphatic carbocycles. The van der Waals surface area contributed by atoms with Crippen molar-refractivity contribution in [2.45, 2.75) is 25.8 Å². The number of likely N-dealkylation sites (tertiary alicyclic amines) is 1. The second-order valence-electron chi connectivity index (χ2n) is 6.18. The van der Waals surface area contributed by atoms with Gasteiger partial charge in [-0.1, -0.05) is 15.9 Å². The van der Waals surface area contributed by atoms with Crippen molar-refractivity contribution in [3.05, 3.63) is 52.3 Å². The third-order valence-corrected chi connectivity index (χ3v) is 4.99. The van der Waals surface area contributed by atoms with Crippen LogP contribution in [0.25, 0.3) is 0 Å². The van der Waals surface area contributed by atoms with Gasteiger partial charge in [-0.05, 0) is 62.2 Å². The van der Waals surface area contributed by atoms with E-state index in [0.717, 1.165) is 35.1 Å². The average molecular weight is 376 g/mol. The summed E-state index contributed by atoms with van der Waals surface area (Å²) in [5, 5.41) is 3.04. The first-order chi connectivity index (χ1) is 11.0. The van der Waals surface area contributed by atoms with E-state index in [4.69, 9.17) is 0 Å². The highest BCUT2D eigenvalue weighted by molar-refractivity contribution is 9.10. The molecule has 5 heteroatoms. The summed E-state index contributed by atoms with van der Waals surface area (Å²) in [6.45, 7) is 3.41. The van der Waals surface area contributed by atoms with E-state index in [1.54, 1.807) is 0 Å². The minimum Gasteiger partial charge on any atom is -0.353 e. The van der Waals surface area contributed by atoms with E-state index in [1.807, 2.05) is 25.1 Å². The molecule has 0 saturated carbocycles. The van der Waals surface area contributed by atoms with Gasteiger partial charge in [-0.3, -0.25) is 9.69 Å². The highest BCUT2D eigenvalue weighted by atomic mass is 79.9. The fourth-order valence-electron chi connectivity index (χ4n) is 3.31. The van der Waals surface area contributed by atoms with E-state index in [1.165, 1.54) is 5.69 Å². The van der Waals surface area contributed by atoms with Gasteiger partial charge >= 0.3 is 0 Å². The van der Waals surface area contributed by atoms with Gasteiger partial charge in [0.1, 0.15) is 0 Å². The third-order valence-electron chi connectivity index (χ3n) is 4.50. The van der Waals surface area contributed by atoms with Crippen molar-refractivity contribution >= 4 is 27.5 Å². The van der Waals surface area contributed by atoms with Crippen molar-refractivity contribution < 1.29 is 4.79 Å². The van der Waals surface area contributed by atoms with Gasteiger partial charge < -0.3 is 9.88 Å². The maximum atomic E-state index is 12.4. The van der Waals surface area contributed by atoms with Gasteiger partial charge in [0.05, 0.1) is 12.6 Å². The van der Waals surface area contributed by atoms with Crippen LogP contribution in [0.4, 0.5) is 5.69 Å². The number of hydrogen-bond donors (Lipinski definition) is 1. The molecule has 23 heavy (non-hydrogen) atoms. The summed E-state index contributed by atoms with van der Waals surface area (Å²) >= 11 is 3.45. The first-order valence-electron chi connectivity index (χ1n) is 7.96. The molecule has 0 radical (unpaired) electrons. The number of aryl methyl sites for hydroxylation is 2. The molecule has 122 valence electrons. The van der Waals surface area contributed by atoms with Crippen LogP contribution in [0, 0.1) is 6.92 Å². The molecule has 2 heterocycles. The van der Waals surface area contributed by atoms with E-state index < -0.39 is 0 Å². The van der Waals surface area contributed by atoms with E-state index >= 15 is 0 Å². The van der Waals surface area contributed by atoms with E-state index in [-0.39, 0.29) is 5.91 Å². The molecule has 1 amide bonds. The Morgan fingerprint density at radius 2 is 2.22 bits per heavy atom. The summed E-state index contributed by atoms with van der Waals surface area (Å²) in [6.07, 6.45) is 4.32. The van der Waals surface area contributed by atoms with Gasteiger partial charge in [0.25, 0.3) is 0 Å². The largest absolute Gasteiger partial charge is 0.353 e. The Morgan fingerprint density at radius 1 is 1.39 bits per heavy atom. The van der Waals surface area contributed by atoms with Crippen molar-refractivity contribution in [1.29, 1.82) is 0 Å². The Bertz CT molecular complexity index is 710. The molecule has 0 bridgehead atoms. The molecule has 1 N–H and O–H groups in total. The molecule has 1 fully saturated rings. The Balaban J connectivity index is 1.66. The van der Waals surface area contributed by atoms with Gasteiger partial charge in [0.15, 0.2) is 0 Å². The minimum absolute atomic E-state index is 0.0523. The first-order valence-corrected chi connectivity index (χ1v) is 8.75. The zero-order valence-electron chi connectivity index (χ0n) is 13.6. The van der Waals surface area contributed by atoms with Crippen molar-refractivity contribution in [3.63, 3.8) is 0 Å². The summed E-state index contributed by atoms with van der Waals surface area (Å²) in [5.41, 5.74) is 3.23. The second-order valence-corrected chi connectivity index (χ2v) is 7.10. The number of hydrogen-bond acceptors (Lipinski definition) is 2. The van der Waals surface area contributed by atoms with Crippen molar-refractivity contribution in [1.82, 2.24) is 9.47 Å². The lowest BCUT2D eigenvalue weighted by atomic mass is 10.1. The van der Waals surface area contributed by atoms with Crippen LogP contribution in [0.15, 0.2) is 41.0 Å². The SMILES string of the molecule is Cc1cc(Br)ccc1NC(=O)CN1CCC[C@@H]1c1cccn1C. The summed E-state index contributed by atoms with van der Waals surface area (Å²) in [6, 6.07) is 10.5. The number of rotatable bonds is 4. The molecule has 4 nitrogen and oxygen atoms in total. The van der Waals surface area contributed by atoms with Crippen LogP contribution in [-0.4, -0.2) is 28.5 Å². The van der Waals surface area contributed by atoms with Gasteiger partial charge in [-0.2, -0.15) is 0 Å².